The van der Waals surface area contributed by atoms with Gasteiger partial charge in [-0.3, -0.25) is 9.59 Å². The summed E-state index contributed by atoms with van der Waals surface area (Å²) < 4.78 is 0. The van der Waals surface area contributed by atoms with Crippen LogP contribution < -0.4 is 16.0 Å². The first-order chi connectivity index (χ1) is 19.0. The Bertz CT molecular complexity index is 1390. The molecule has 0 radical (unpaired) electrons. The molecule has 4 rings (SSSR count). The van der Waals surface area contributed by atoms with Crippen LogP contribution in [-0.2, 0) is 16.0 Å². The summed E-state index contributed by atoms with van der Waals surface area (Å²) in [5.41, 5.74) is 3.57. The second-order valence-corrected chi connectivity index (χ2v) is 9.01. The first-order valence-corrected chi connectivity index (χ1v) is 12.7. The molecule has 0 fully saturated rings. The molecule has 0 spiro atoms. The van der Waals surface area contributed by atoms with Crippen LogP contribution in [0.5, 0.6) is 0 Å². The average Bonchev–Trinajstić information content (AvgIpc) is 2.97. The molecule has 4 N–H and O–H groups in total. The lowest BCUT2D eigenvalue weighted by molar-refractivity contribution is -0.139. The Hall–Kier alpha value is -4.98. The zero-order valence-corrected chi connectivity index (χ0v) is 21.3. The zero-order valence-electron chi connectivity index (χ0n) is 21.3. The average molecular weight is 523 g/mol. The van der Waals surface area contributed by atoms with Crippen LogP contribution in [-0.4, -0.2) is 40.5 Å². The number of carbonyl (C=O) groups excluding carboxylic acids is 2. The maximum absolute atomic E-state index is 12.9. The standard InChI is InChI=1S/C31H30N4O4/c36-29(13-7-19-33-28-12-4-5-18-32-28)34-26-16-14-22(15-17-26)20-27(31(38)39)35-30(37)25-11-6-10-24(21-25)23-8-2-1-3-9-23/h1-6,8-12,14-18,21,27H,7,13,19-20H2,(H,32,33)(H,34,36)(H,35,37)(H,38,39)/t27-/m0/s1. The molecule has 0 saturated carbocycles. The van der Waals surface area contributed by atoms with Crippen molar-refractivity contribution >= 4 is 29.3 Å². The number of benzene rings is 3. The molecular weight excluding hydrogens is 492 g/mol. The van der Waals surface area contributed by atoms with E-state index in [0.717, 1.165) is 22.5 Å². The van der Waals surface area contributed by atoms with Crippen LogP contribution in [0.2, 0.25) is 0 Å². The Morgan fingerprint density at radius 2 is 1.56 bits per heavy atom. The molecule has 1 heterocycles. The summed E-state index contributed by atoms with van der Waals surface area (Å²) in [5, 5.41) is 18.4. The molecule has 4 aromatic rings. The van der Waals surface area contributed by atoms with Crippen LogP contribution in [0.1, 0.15) is 28.8 Å². The molecule has 1 aromatic heterocycles. The summed E-state index contributed by atoms with van der Waals surface area (Å²) in [6.45, 7) is 0.627. The number of nitrogens with one attached hydrogen (secondary N) is 3. The highest BCUT2D eigenvalue weighted by molar-refractivity contribution is 5.97. The summed E-state index contributed by atoms with van der Waals surface area (Å²) in [5.74, 6) is -0.926. The fraction of sp³-hybridized carbons (Fsp3) is 0.161. The summed E-state index contributed by atoms with van der Waals surface area (Å²) in [7, 11) is 0. The van der Waals surface area contributed by atoms with E-state index in [2.05, 4.69) is 20.9 Å². The van der Waals surface area contributed by atoms with E-state index in [1.165, 1.54) is 0 Å². The van der Waals surface area contributed by atoms with E-state index in [0.29, 0.717) is 30.6 Å². The van der Waals surface area contributed by atoms with E-state index in [4.69, 9.17) is 0 Å². The highest BCUT2D eigenvalue weighted by Gasteiger charge is 2.21. The van der Waals surface area contributed by atoms with Crippen LogP contribution in [0.3, 0.4) is 0 Å². The van der Waals surface area contributed by atoms with Gasteiger partial charge >= 0.3 is 5.97 Å². The van der Waals surface area contributed by atoms with Crippen molar-refractivity contribution in [2.24, 2.45) is 0 Å². The lowest BCUT2D eigenvalue weighted by Gasteiger charge is -2.15. The molecule has 0 aliphatic carbocycles. The fourth-order valence-electron chi connectivity index (χ4n) is 4.03. The molecule has 39 heavy (non-hydrogen) atoms. The van der Waals surface area contributed by atoms with Crippen LogP contribution in [0.25, 0.3) is 11.1 Å². The molecule has 0 saturated heterocycles. The number of aliphatic carboxylic acids is 1. The van der Waals surface area contributed by atoms with Gasteiger partial charge in [0, 0.05) is 36.8 Å². The second-order valence-electron chi connectivity index (χ2n) is 9.01. The molecule has 8 heteroatoms. The molecular formula is C31H30N4O4. The molecule has 3 aromatic carbocycles. The van der Waals surface area contributed by atoms with Crippen LogP contribution in [0.15, 0.2) is 103 Å². The highest BCUT2D eigenvalue weighted by atomic mass is 16.4. The van der Waals surface area contributed by atoms with E-state index < -0.39 is 17.9 Å². The molecule has 0 unspecified atom stereocenters. The third-order valence-corrected chi connectivity index (χ3v) is 6.06. The third kappa shape index (κ3) is 8.26. The smallest absolute Gasteiger partial charge is 0.326 e. The predicted octanol–water partition coefficient (Wildman–Crippen LogP) is 5.01. The van der Waals surface area contributed by atoms with Gasteiger partial charge in [0.2, 0.25) is 5.91 Å². The third-order valence-electron chi connectivity index (χ3n) is 6.06. The number of hydrogen-bond donors (Lipinski definition) is 4. The first-order valence-electron chi connectivity index (χ1n) is 12.7. The highest BCUT2D eigenvalue weighted by Crippen LogP contribution is 2.20. The van der Waals surface area contributed by atoms with Gasteiger partial charge in [-0.1, -0.05) is 60.7 Å². The van der Waals surface area contributed by atoms with Crippen molar-refractivity contribution in [3.05, 3.63) is 114 Å². The van der Waals surface area contributed by atoms with E-state index >= 15 is 0 Å². The number of carboxylic acids is 1. The van der Waals surface area contributed by atoms with Gasteiger partial charge in [0.1, 0.15) is 11.9 Å². The molecule has 0 bridgehead atoms. The van der Waals surface area contributed by atoms with E-state index in [9.17, 15) is 19.5 Å². The number of pyridine rings is 1. The van der Waals surface area contributed by atoms with Crippen molar-refractivity contribution in [3.63, 3.8) is 0 Å². The SMILES string of the molecule is O=C(CCCNc1ccccn1)Nc1ccc(C[C@H](NC(=O)c2cccc(-c3ccccc3)c2)C(=O)O)cc1. The number of nitrogens with zero attached hydrogens (tertiary/aromatic N) is 1. The number of aromatic nitrogens is 1. The summed E-state index contributed by atoms with van der Waals surface area (Å²) in [6, 6.07) is 28.2. The Labute approximate surface area is 227 Å². The van der Waals surface area contributed by atoms with Gasteiger partial charge in [0.25, 0.3) is 5.91 Å². The number of amides is 2. The van der Waals surface area contributed by atoms with Gasteiger partial charge in [0.05, 0.1) is 0 Å². The maximum atomic E-state index is 12.9. The van der Waals surface area contributed by atoms with Crippen LogP contribution in [0, 0.1) is 0 Å². The minimum atomic E-state index is -1.13. The number of anilines is 2. The summed E-state index contributed by atoms with van der Waals surface area (Å²) in [4.78, 5) is 41.2. The summed E-state index contributed by atoms with van der Waals surface area (Å²) >= 11 is 0. The van der Waals surface area contributed by atoms with E-state index in [1.54, 1.807) is 48.7 Å². The van der Waals surface area contributed by atoms with Crippen molar-refractivity contribution < 1.29 is 19.5 Å². The van der Waals surface area contributed by atoms with Crippen LogP contribution in [0.4, 0.5) is 11.5 Å². The van der Waals surface area contributed by atoms with Crippen molar-refractivity contribution in [2.75, 3.05) is 17.2 Å². The minimum absolute atomic E-state index is 0.104. The number of carboxylic acid groups (broad SMARTS) is 1. The van der Waals surface area contributed by atoms with E-state index in [1.807, 2.05) is 54.6 Å². The molecule has 2 amide bonds. The van der Waals surface area contributed by atoms with Gasteiger partial charge in [-0.15, -0.1) is 0 Å². The number of hydrogen-bond acceptors (Lipinski definition) is 5. The minimum Gasteiger partial charge on any atom is -0.480 e. The Morgan fingerprint density at radius 1 is 0.821 bits per heavy atom. The van der Waals surface area contributed by atoms with Gasteiger partial charge in [-0.25, -0.2) is 9.78 Å². The second kappa shape index (κ2) is 13.5. The van der Waals surface area contributed by atoms with Gasteiger partial charge in [-0.05, 0) is 59.5 Å². The monoisotopic (exact) mass is 522 g/mol. The van der Waals surface area contributed by atoms with Gasteiger partial charge < -0.3 is 21.1 Å². The molecule has 1 atom stereocenters. The number of carbonyl (C=O) groups is 3. The zero-order chi connectivity index (χ0) is 27.5. The largest absolute Gasteiger partial charge is 0.480 e. The van der Waals surface area contributed by atoms with Crippen LogP contribution >= 0.6 is 0 Å². The van der Waals surface area contributed by atoms with Crippen molar-refractivity contribution in [1.29, 1.82) is 0 Å². The fourth-order valence-corrected chi connectivity index (χ4v) is 4.03. The molecule has 8 nitrogen and oxygen atoms in total. The quantitative estimate of drug-likeness (QED) is 0.194. The van der Waals surface area contributed by atoms with Crippen molar-refractivity contribution in [2.45, 2.75) is 25.3 Å². The normalized spacial score (nSPS) is 11.3. The first kappa shape index (κ1) is 27.1. The lowest BCUT2D eigenvalue weighted by Crippen LogP contribution is -2.42. The Morgan fingerprint density at radius 3 is 2.28 bits per heavy atom. The Balaban J connectivity index is 1.28. The van der Waals surface area contributed by atoms with Crippen molar-refractivity contribution in [3.8, 4) is 11.1 Å². The Kier molecular flexibility index (Phi) is 9.39. The van der Waals surface area contributed by atoms with Gasteiger partial charge in [-0.2, -0.15) is 0 Å². The predicted molar refractivity (Wildman–Crippen MR) is 152 cm³/mol. The number of rotatable bonds is 12. The van der Waals surface area contributed by atoms with E-state index in [-0.39, 0.29) is 12.3 Å². The van der Waals surface area contributed by atoms with Gasteiger partial charge in [0.15, 0.2) is 0 Å². The topological polar surface area (TPSA) is 120 Å². The lowest BCUT2D eigenvalue weighted by atomic mass is 10.0. The molecule has 0 aliphatic heterocycles. The molecule has 198 valence electrons. The molecule has 0 aliphatic rings. The maximum Gasteiger partial charge on any atom is 0.326 e. The summed E-state index contributed by atoms with van der Waals surface area (Å²) in [6.07, 6.45) is 2.80. The van der Waals surface area contributed by atoms with Crippen molar-refractivity contribution in [1.82, 2.24) is 10.3 Å².